The lowest BCUT2D eigenvalue weighted by molar-refractivity contribution is 0.0111. The molecule has 0 aliphatic carbocycles. The number of phosphoric ester groups is 1. The lowest BCUT2D eigenvalue weighted by atomic mass is 10.1. The fourth-order valence-corrected chi connectivity index (χ4v) is 5.83. The maximum atomic E-state index is 11.8. The van der Waals surface area contributed by atoms with Crippen molar-refractivity contribution < 1.29 is 56.6 Å². The molecule has 0 aromatic carbocycles. The van der Waals surface area contributed by atoms with Gasteiger partial charge in [0.05, 0.1) is 19.0 Å². The minimum Gasteiger partial charge on any atom is -0.389 e. The molecule has 18 nitrogen and oxygen atoms in total. The zero-order valence-electron chi connectivity index (χ0n) is 15.0. The van der Waals surface area contributed by atoms with Crippen LogP contribution in [0.4, 0.5) is 5.82 Å². The molecule has 9 N–H and O–H groups in total. The van der Waals surface area contributed by atoms with E-state index in [1.807, 2.05) is 0 Å². The number of aromatic nitrogens is 4. The Morgan fingerprint density at radius 2 is 1.71 bits per heavy atom. The number of nitrogen functional groups attached to an aromatic ring is 1. The van der Waals surface area contributed by atoms with Crippen LogP contribution in [-0.2, 0) is 26.8 Å². The fraction of sp³-hybridized carbons (Fsp3) is 0.500. The average Bonchev–Trinajstić information content (AvgIpc) is 3.13. The molecule has 2 unspecified atom stereocenters. The summed E-state index contributed by atoms with van der Waals surface area (Å²) in [5.74, 6) is 0.0704. The molecule has 0 amide bonds. The Hall–Kier alpha value is -1.36. The number of rotatable bonds is 8. The van der Waals surface area contributed by atoms with Crippen LogP contribution in [0.5, 0.6) is 0 Å². The molecule has 1 fully saturated rings. The molecule has 0 bridgehead atoms. The number of nitrogens with zero attached hydrogens (tertiary/aromatic N) is 4. The lowest BCUT2D eigenvalue weighted by Crippen LogP contribution is -2.37. The van der Waals surface area contributed by atoms with Gasteiger partial charge in [-0.3, -0.25) is 14.4 Å². The molecule has 3 rings (SSSR count). The van der Waals surface area contributed by atoms with Gasteiger partial charge in [0.1, 0.15) is 30.2 Å². The zero-order valence-corrected chi connectivity index (χ0v) is 17.7. The van der Waals surface area contributed by atoms with Crippen LogP contribution < -0.4 is 11.1 Å². The molecular weight excluding hydrogens is 489 g/mol. The van der Waals surface area contributed by atoms with Gasteiger partial charge in [-0.15, -0.1) is 0 Å². The van der Waals surface area contributed by atoms with E-state index in [1.54, 1.807) is 0 Å². The monoisotopic (exact) mass is 506 g/mol. The molecule has 31 heavy (non-hydrogen) atoms. The van der Waals surface area contributed by atoms with Crippen LogP contribution in [0.15, 0.2) is 12.7 Å². The van der Waals surface area contributed by atoms with E-state index < -0.39 is 54.5 Å². The second-order valence-electron chi connectivity index (χ2n) is 6.17. The van der Waals surface area contributed by atoms with E-state index in [2.05, 4.69) is 33.4 Å². The number of nitrogens with one attached hydrogen (secondary N) is 1. The molecule has 21 heteroatoms. The third-order valence-corrected chi connectivity index (χ3v) is 7.79. The van der Waals surface area contributed by atoms with Gasteiger partial charge in [-0.1, -0.05) is 0 Å². The Kier molecular flexibility index (Phi) is 6.68. The minimum atomic E-state index is -5.68. The third-order valence-electron chi connectivity index (χ3n) is 3.99. The largest absolute Gasteiger partial charge is 0.490 e. The number of fused-ring (bicyclic) bond motifs is 1. The Morgan fingerprint density at radius 3 is 2.35 bits per heavy atom. The predicted molar refractivity (Wildman–Crippen MR) is 97.5 cm³/mol. The second kappa shape index (κ2) is 8.53. The van der Waals surface area contributed by atoms with Crippen molar-refractivity contribution in [1.82, 2.24) is 24.8 Å². The highest BCUT2D eigenvalue weighted by atomic mass is 31.3. The first kappa shape index (κ1) is 24.3. The van der Waals surface area contributed by atoms with Crippen molar-refractivity contribution in [3.63, 3.8) is 0 Å². The highest BCUT2D eigenvalue weighted by Gasteiger charge is 2.45. The summed E-state index contributed by atoms with van der Waals surface area (Å²) in [5, 5.41) is 23.2. The van der Waals surface area contributed by atoms with Gasteiger partial charge in [-0.2, -0.15) is 8.62 Å². The summed E-state index contributed by atoms with van der Waals surface area (Å²) < 4.78 is 46.7. The highest BCUT2D eigenvalue weighted by Crippen LogP contribution is 2.66. The summed E-state index contributed by atoms with van der Waals surface area (Å²) >= 11 is 0. The summed E-state index contributed by atoms with van der Waals surface area (Å²) in [6.45, 7) is -0.845. The number of nitrogens with two attached hydrogens (primary N) is 1. The van der Waals surface area contributed by atoms with E-state index in [1.165, 1.54) is 10.9 Å². The standard InChI is InChI=1S/C10H17N6O12P3/c11-8-5-9(13-2-12-8)16(3-14-5)10-7(18)6(17)4(15-10)1-26-30(22,23)28-31(24,25)27-29(19,20)21/h2-4,6-7,10,15,17-18H,1H2,(H,22,23)(H,24,25)(H2,11,12,13)(H2,19,20,21)/t4-,6-,7-,10+/m1/s1. The lowest BCUT2D eigenvalue weighted by Gasteiger charge is -2.19. The minimum absolute atomic E-state index is 0.0704. The van der Waals surface area contributed by atoms with E-state index in [0.29, 0.717) is 0 Å². The second-order valence-corrected chi connectivity index (χ2v) is 10.6. The number of anilines is 1. The van der Waals surface area contributed by atoms with Crippen molar-refractivity contribution in [2.24, 2.45) is 0 Å². The molecule has 0 spiro atoms. The van der Waals surface area contributed by atoms with Gasteiger partial charge in [0.25, 0.3) is 0 Å². The molecule has 2 aromatic rings. The van der Waals surface area contributed by atoms with Gasteiger partial charge in [-0.05, 0) is 0 Å². The van der Waals surface area contributed by atoms with Crippen molar-refractivity contribution in [2.45, 2.75) is 24.4 Å². The van der Waals surface area contributed by atoms with Crippen molar-refractivity contribution >= 4 is 40.4 Å². The summed E-state index contributed by atoms with van der Waals surface area (Å²) in [5.41, 5.74) is 6.12. The molecule has 174 valence electrons. The summed E-state index contributed by atoms with van der Waals surface area (Å²) in [6.07, 6.45) is -1.67. The van der Waals surface area contributed by atoms with Crippen molar-refractivity contribution in [1.29, 1.82) is 0 Å². The smallest absolute Gasteiger partial charge is 0.389 e. The van der Waals surface area contributed by atoms with Crippen molar-refractivity contribution in [2.75, 3.05) is 12.3 Å². The maximum Gasteiger partial charge on any atom is 0.490 e. The average molecular weight is 506 g/mol. The molecule has 1 aliphatic rings. The number of hydrogen-bond acceptors (Lipinski definition) is 13. The van der Waals surface area contributed by atoms with Crippen LogP contribution in [0.1, 0.15) is 6.17 Å². The first-order valence-corrected chi connectivity index (χ1v) is 12.5. The van der Waals surface area contributed by atoms with Crippen molar-refractivity contribution in [3.8, 4) is 0 Å². The molecule has 3 heterocycles. The van der Waals surface area contributed by atoms with E-state index in [0.717, 1.165) is 6.33 Å². The summed E-state index contributed by atoms with van der Waals surface area (Å²) in [7, 11) is -16.6. The van der Waals surface area contributed by atoms with Crippen LogP contribution in [0.25, 0.3) is 11.2 Å². The SMILES string of the molecule is Nc1ncnc2c1ncn2[C@@H]1N[C@H](COP(=O)(O)OP(=O)(O)OP(=O)(O)O)[C@@H](O)[C@H]1O. The Bertz CT molecular complexity index is 1110. The Balaban J connectivity index is 1.69. The third kappa shape index (κ3) is 5.71. The highest BCUT2D eigenvalue weighted by molar-refractivity contribution is 7.66. The van der Waals surface area contributed by atoms with Crippen LogP contribution in [0, 0.1) is 0 Å². The van der Waals surface area contributed by atoms with E-state index in [9.17, 15) is 28.8 Å². The number of aliphatic hydroxyl groups excluding tert-OH is 2. The van der Waals surface area contributed by atoms with Gasteiger partial charge in [0.2, 0.25) is 0 Å². The predicted octanol–water partition coefficient (Wildman–Crippen LogP) is -2.06. The molecule has 6 atom stereocenters. The van der Waals surface area contributed by atoms with Gasteiger partial charge in [0.15, 0.2) is 11.5 Å². The molecule has 0 radical (unpaired) electrons. The molecule has 1 aliphatic heterocycles. The van der Waals surface area contributed by atoms with Gasteiger partial charge < -0.3 is 35.5 Å². The van der Waals surface area contributed by atoms with Gasteiger partial charge in [-0.25, -0.2) is 28.6 Å². The van der Waals surface area contributed by atoms with Crippen LogP contribution in [0.2, 0.25) is 0 Å². The number of aliphatic hydroxyl groups is 2. The van der Waals surface area contributed by atoms with Crippen LogP contribution in [-0.4, -0.2) is 74.2 Å². The summed E-state index contributed by atoms with van der Waals surface area (Å²) in [6, 6.07) is -1.21. The number of hydrogen-bond donors (Lipinski definition) is 8. The molecule has 1 saturated heterocycles. The van der Waals surface area contributed by atoms with Gasteiger partial charge >= 0.3 is 23.5 Å². The van der Waals surface area contributed by atoms with E-state index in [4.69, 9.17) is 20.4 Å². The normalized spacial score (nSPS) is 28.5. The zero-order chi connectivity index (χ0) is 23.2. The molecular formula is C10H17N6O12P3. The van der Waals surface area contributed by atoms with Crippen LogP contribution >= 0.6 is 23.5 Å². The number of imidazole rings is 1. The molecule has 0 saturated carbocycles. The fourth-order valence-electron chi connectivity index (χ4n) is 2.78. The van der Waals surface area contributed by atoms with Gasteiger partial charge in [0, 0.05) is 0 Å². The van der Waals surface area contributed by atoms with E-state index in [-0.39, 0.29) is 17.0 Å². The number of phosphoric acid groups is 3. The topological polar surface area (TPSA) is 282 Å². The quantitative estimate of drug-likeness (QED) is 0.179. The van der Waals surface area contributed by atoms with Crippen molar-refractivity contribution in [3.05, 3.63) is 12.7 Å². The Labute approximate surface area is 172 Å². The van der Waals surface area contributed by atoms with E-state index >= 15 is 0 Å². The maximum absolute atomic E-state index is 11.8. The first-order valence-electron chi connectivity index (χ1n) is 8.03. The first-order chi connectivity index (χ1) is 14.2. The van der Waals surface area contributed by atoms with Crippen LogP contribution in [0.3, 0.4) is 0 Å². The summed E-state index contributed by atoms with van der Waals surface area (Å²) in [4.78, 5) is 47.4. The molecule has 2 aromatic heterocycles. The Morgan fingerprint density at radius 1 is 1.03 bits per heavy atom.